The summed E-state index contributed by atoms with van der Waals surface area (Å²) in [6.45, 7) is 3.80. The van der Waals surface area contributed by atoms with Gasteiger partial charge in [0, 0.05) is 30.6 Å². The zero-order valence-electron chi connectivity index (χ0n) is 23.7. The lowest BCUT2D eigenvalue weighted by Gasteiger charge is -2.45. The molecule has 2 aliphatic heterocycles. The third-order valence-electron chi connectivity index (χ3n) is 8.13. The summed E-state index contributed by atoms with van der Waals surface area (Å²) < 4.78 is 63.4. The molecule has 7 nitrogen and oxygen atoms in total. The summed E-state index contributed by atoms with van der Waals surface area (Å²) >= 11 is 0. The highest BCUT2D eigenvalue weighted by molar-refractivity contribution is 7.87. The number of ether oxygens (including phenoxy) is 3. The second-order valence-electron chi connectivity index (χ2n) is 10.6. The molecule has 4 aromatic rings. The van der Waals surface area contributed by atoms with E-state index < -0.39 is 15.9 Å². The minimum atomic E-state index is -4.31. The number of hydrogen-bond acceptors (Lipinski definition) is 7. The lowest BCUT2D eigenvalue weighted by atomic mass is 9.77. The van der Waals surface area contributed by atoms with Crippen molar-refractivity contribution in [2.75, 3.05) is 20.8 Å². The molecule has 9 heteroatoms. The number of methoxy groups -OCH3 is 2. The molecule has 0 N–H and O–H groups in total. The molecule has 0 spiro atoms. The number of nitrogens with zero attached hydrogens (tertiary/aromatic N) is 1. The summed E-state index contributed by atoms with van der Waals surface area (Å²) in [6.07, 6.45) is 0.793. The molecular formula is C33H32FNO6S. The molecule has 4 aromatic carbocycles. The molecular weight excluding hydrogens is 557 g/mol. The Morgan fingerprint density at radius 2 is 1.67 bits per heavy atom. The van der Waals surface area contributed by atoms with E-state index in [0.29, 0.717) is 30.4 Å². The van der Waals surface area contributed by atoms with Gasteiger partial charge in [0.05, 0.1) is 14.2 Å². The van der Waals surface area contributed by atoms with E-state index in [0.717, 1.165) is 41.3 Å². The minimum Gasteiger partial charge on any atom is -0.493 e. The third-order valence-corrected chi connectivity index (χ3v) is 9.34. The van der Waals surface area contributed by atoms with Crippen molar-refractivity contribution in [2.45, 2.75) is 43.4 Å². The normalized spacial score (nSPS) is 17.9. The van der Waals surface area contributed by atoms with Gasteiger partial charge in [0.1, 0.15) is 17.3 Å². The molecule has 0 radical (unpaired) electrons. The molecule has 0 saturated carbocycles. The Balaban J connectivity index is 1.34. The SMILES string of the molecule is COc1cc2c(cc1OCc1ccccc1)CCN1Cc3c(ccc(OC)c3OS(=O)(=O)c3cccc(F)c3)C(C)C21. The number of hydrogen-bond donors (Lipinski definition) is 0. The van der Waals surface area contributed by atoms with Gasteiger partial charge in [0.2, 0.25) is 0 Å². The van der Waals surface area contributed by atoms with Crippen molar-refractivity contribution in [2.24, 2.45) is 0 Å². The van der Waals surface area contributed by atoms with Crippen LogP contribution >= 0.6 is 0 Å². The van der Waals surface area contributed by atoms with Gasteiger partial charge in [0.15, 0.2) is 23.0 Å². The van der Waals surface area contributed by atoms with Gasteiger partial charge >= 0.3 is 10.1 Å². The number of halogens is 1. The summed E-state index contributed by atoms with van der Waals surface area (Å²) in [6, 6.07) is 22.7. The first-order chi connectivity index (χ1) is 20.3. The van der Waals surface area contributed by atoms with E-state index in [2.05, 4.69) is 24.0 Å². The van der Waals surface area contributed by atoms with Gasteiger partial charge in [-0.2, -0.15) is 8.42 Å². The van der Waals surface area contributed by atoms with Crippen LogP contribution in [0.15, 0.2) is 83.8 Å². The molecule has 0 fully saturated rings. The molecule has 0 saturated heterocycles. The maximum atomic E-state index is 13.8. The summed E-state index contributed by atoms with van der Waals surface area (Å²) in [5.74, 6) is 1.16. The zero-order valence-corrected chi connectivity index (χ0v) is 24.5. The first kappa shape index (κ1) is 28.1. The van der Waals surface area contributed by atoms with E-state index in [1.54, 1.807) is 13.2 Å². The predicted molar refractivity (Wildman–Crippen MR) is 156 cm³/mol. The Labute approximate surface area is 245 Å². The molecule has 0 bridgehead atoms. The lowest BCUT2D eigenvalue weighted by molar-refractivity contribution is 0.137. The monoisotopic (exact) mass is 589 g/mol. The van der Waals surface area contributed by atoms with Crippen molar-refractivity contribution in [3.05, 3.63) is 112 Å². The molecule has 6 rings (SSSR count). The largest absolute Gasteiger partial charge is 0.493 e. The highest BCUT2D eigenvalue weighted by atomic mass is 32.2. The second-order valence-corrected chi connectivity index (χ2v) is 12.1. The van der Waals surface area contributed by atoms with Gasteiger partial charge in [0.25, 0.3) is 0 Å². The van der Waals surface area contributed by atoms with E-state index in [1.807, 2.05) is 36.4 Å². The second kappa shape index (κ2) is 11.3. The zero-order chi connectivity index (χ0) is 29.4. The summed E-state index contributed by atoms with van der Waals surface area (Å²) in [5, 5.41) is 0. The fourth-order valence-corrected chi connectivity index (χ4v) is 7.10. The van der Waals surface area contributed by atoms with Crippen LogP contribution in [0.3, 0.4) is 0 Å². The summed E-state index contributed by atoms with van der Waals surface area (Å²) in [4.78, 5) is 2.08. The number of fused-ring (bicyclic) bond motifs is 4. The molecule has 218 valence electrons. The maximum Gasteiger partial charge on any atom is 0.339 e. The van der Waals surface area contributed by atoms with Gasteiger partial charge in [-0.1, -0.05) is 49.4 Å². The Morgan fingerprint density at radius 3 is 2.40 bits per heavy atom. The maximum absolute atomic E-state index is 13.8. The third kappa shape index (κ3) is 5.18. The van der Waals surface area contributed by atoms with Gasteiger partial charge in [-0.25, -0.2) is 4.39 Å². The van der Waals surface area contributed by atoms with Crippen LogP contribution in [0.2, 0.25) is 0 Å². The van der Waals surface area contributed by atoms with Crippen molar-refractivity contribution in [1.29, 1.82) is 0 Å². The molecule has 2 atom stereocenters. The van der Waals surface area contributed by atoms with Crippen molar-refractivity contribution in [1.82, 2.24) is 4.90 Å². The Bertz CT molecular complexity index is 1730. The topological polar surface area (TPSA) is 74.3 Å². The Kier molecular flexibility index (Phi) is 7.55. The van der Waals surface area contributed by atoms with Crippen molar-refractivity contribution >= 4 is 10.1 Å². The average Bonchev–Trinajstić information content (AvgIpc) is 3.00. The number of benzene rings is 4. The van der Waals surface area contributed by atoms with Crippen molar-refractivity contribution in [3.63, 3.8) is 0 Å². The smallest absolute Gasteiger partial charge is 0.339 e. The van der Waals surface area contributed by atoms with Crippen LogP contribution in [0.5, 0.6) is 23.0 Å². The van der Waals surface area contributed by atoms with Crippen LogP contribution in [0.4, 0.5) is 4.39 Å². The Hall–Kier alpha value is -4.08. The van der Waals surface area contributed by atoms with Crippen molar-refractivity contribution < 1.29 is 31.2 Å². The quantitative estimate of drug-likeness (QED) is 0.220. The molecule has 0 aliphatic carbocycles. The molecule has 2 aliphatic rings. The van der Waals surface area contributed by atoms with Gasteiger partial charge in [-0.05, 0) is 65.1 Å². The summed E-state index contributed by atoms with van der Waals surface area (Å²) in [7, 11) is -1.19. The first-order valence-corrected chi connectivity index (χ1v) is 15.2. The van der Waals surface area contributed by atoms with Gasteiger partial charge < -0.3 is 18.4 Å². The average molecular weight is 590 g/mol. The van der Waals surface area contributed by atoms with E-state index in [1.165, 1.54) is 30.9 Å². The van der Waals surface area contributed by atoms with Crippen LogP contribution in [0.1, 0.15) is 46.7 Å². The summed E-state index contributed by atoms with van der Waals surface area (Å²) in [5.41, 5.74) is 5.16. The molecule has 0 amide bonds. The van der Waals surface area contributed by atoms with Crippen LogP contribution in [-0.4, -0.2) is 34.1 Å². The van der Waals surface area contributed by atoms with Crippen molar-refractivity contribution in [3.8, 4) is 23.0 Å². The highest BCUT2D eigenvalue weighted by Gasteiger charge is 2.40. The standard InChI is InChI=1S/C33H32FNO6S/c1-21-26-12-13-29(38-2)33(41-42(36,37)25-11-7-10-24(34)17-25)28(26)19-35-15-14-23-16-31(30(39-3)18-27(23)32(21)35)40-20-22-8-5-4-6-9-22/h4-13,16-18,21,32H,14-15,19-20H2,1-3H3. The highest BCUT2D eigenvalue weighted by Crippen LogP contribution is 2.51. The molecule has 42 heavy (non-hydrogen) atoms. The van der Waals surface area contributed by atoms with E-state index in [9.17, 15) is 12.8 Å². The van der Waals surface area contributed by atoms with Crippen LogP contribution in [0, 0.1) is 5.82 Å². The predicted octanol–water partition coefficient (Wildman–Crippen LogP) is 6.41. The van der Waals surface area contributed by atoms with E-state index >= 15 is 0 Å². The lowest BCUT2D eigenvalue weighted by Crippen LogP contribution is -2.41. The molecule has 2 unspecified atom stereocenters. The molecule has 2 heterocycles. The fraction of sp³-hybridized carbons (Fsp3) is 0.273. The van der Waals surface area contributed by atoms with Crippen LogP contribution < -0.4 is 18.4 Å². The van der Waals surface area contributed by atoms with E-state index in [-0.39, 0.29) is 22.6 Å². The number of rotatable bonds is 8. The van der Waals surface area contributed by atoms with Gasteiger partial charge in [-0.15, -0.1) is 0 Å². The van der Waals surface area contributed by atoms with Crippen LogP contribution in [-0.2, 0) is 29.7 Å². The Morgan fingerprint density at radius 1 is 0.881 bits per heavy atom. The van der Waals surface area contributed by atoms with Crippen LogP contribution in [0.25, 0.3) is 0 Å². The first-order valence-electron chi connectivity index (χ1n) is 13.8. The van der Waals surface area contributed by atoms with E-state index in [4.69, 9.17) is 18.4 Å². The molecule has 0 aromatic heterocycles. The fourth-order valence-electron chi connectivity index (χ4n) is 6.10. The van der Waals surface area contributed by atoms with Gasteiger partial charge in [-0.3, -0.25) is 4.90 Å². The minimum absolute atomic E-state index is 0.00118.